The molecule has 2 aromatic carbocycles. The van der Waals surface area contributed by atoms with E-state index in [1.807, 2.05) is 0 Å². The average Bonchev–Trinajstić information content (AvgIpc) is 3.03. The number of hydrogen-bond donors (Lipinski definition) is 2. The third-order valence-electron chi connectivity index (χ3n) is 5.01. The van der Waals surface area contributed by atoms with E-state index in [-0.39, 0.29) is 26.8 Å². The quantitative estimate of drug-likeness (QED) is 0.639. The van der Waals surface area contributed by atoms with Gasteiger partial charge in [0.15, 0.2) is 0 Å². The van der Waals surface area contributed by atoms with Crippen LogP contribution in [0.1, 0.15) is 36.0 Å². The molecule has 0 atom stereocenters. The van der Waals surface area contributed by atoms with Crippen molar-refractivity contribution in [3.8, 4) is 5.75 Å². The molecule has 0 aliphatic carbocycles. The zero-order chi connectivity index (χ0) is 22.6. The number of nitrogens with zero attached hydrogens (tertiary/aromatic N) is 1. The van der Waals surface area contributed by atoms with Gasteiger partial charge in [0.05, 0.1) is 17.6 Å². The van der Waals surface area contributed by atoms with Gasteiger partial charge < -0.3 is 9.84 Å². The summed E-state index contributed by atoms with van der Waals surface area (Å²) in [5.74, 6) is -1.29. The van der Waals surface area contributed by atoms with Crippen LogP contribution < -0.4 is 9.46 Å². The number of carbonyl (C=O) groups is 1. The second kappa shape index (κ2) is 9.25. The smallest absolute Gasteiger partial charge is 0.335 e. The summed E-state index contributed by atoms with van der Waals surface area (Å²) in [6.07, 6.45) is 3.63. The zero-order valence-corrected chi connectivity index (χ0v) is 18.6. The Labute approximate surface area is 181 Å². The second-order valence-corrected chi connectivity index (χ2v) is 10.7. The lowest BCUT2D eigenvalue weighted by molar-refractivity contribution is 0.0696. The number of hydrogen-bond acceptors (Lipinski definition) is 6. The Balaban J connectivity index is 1.85. The molecule has 1 heterocycles. The first-order valence-corrected chi connectivity index (χ1v) is 12.6. The predicted molar refractivity (Wildman–Crippen MR) is 114 cm³/mol. The van der Waals surface area contributed by atoms with E-state index in [0.29, 0.717) is 13.1 Å². The van der Waals surface area contributed by atoms with E-state index >= 15 is 0 Å². The molecule has 1 saturated heterocycles. The van der Waals surface area contributed by atoms with Crippen molar-refractivity contribution in [3.05, 3.63) is 48.0 Å². The lowest BCUT2D eigenvalue weighted by atomic mass is 10.2. The van der Waals surface area contributed by atoms with Crippen LogP contribution in [0.5, 0.6) is 5.75 Å². The van der Waals surface area contributed by atoms with Gasteiger partial charge >= 0.3 is 5.97 Å². The second-order valence-electron chi connectivity index (χ2n) is 7.12. The van der Waals surface area contributed by atoms with E-state index < -0.39 is 26.0 Å². The van der Waals surface area contributed by atoms with Gasteiger partial charge in [-0.3, -0.25) is 4.72 Å². The maximum atomic E-state index is 12.9. The molecule has 9 nitrogen and oxygen atoms in total. The van der Waals surface area contributed by atoms with Gasteiger partial charge in [-0.1, -0.05) is 12.8 Å². The number of benzene rings is 2. The Bertz CT molecular complexity index is 1150. The van der Waals surface area contributed by atoms with Crippen molar-refractivity contribution in [2.45, 2.75) is 35.5 Å². The summed E-state index contributed by atoms with van der Waals surface area (Å²) < 4.78 is 60.2. The number of methoxy groups -OCH3 is 1. The van der Waals surface area contributed by atoms with Gasteiger partial charge in [-0.2, -0.15) is 4.31 Å². The van der Waals surface area contributed by atoms with E-state index in [0.717, 1.165) is 31.7 Å². The van der Waals surface area contributed by atoms with Gasteiger partial charge in [0.25, 0.3) is 10.0 Å². The minimum absolute atomic E-state index is 0.0159. The van der Waals surface area contributed by atoms with Crippen molar-refractivity contribution in [2.24, 2.45) is 0 Å². The minimum atomic E-state index is -4.18. The van der Waals surface area contributed by atoms with Gasteiger partial charge in [0.1, 0.15) is 10.6 Å². The fourth-order valence-electron chi connectivity index (χ4n) is 3.36. The van der Waals surface area contributed by atoms with Gasteiger partial charge in [-0.25, -0.2) is 21.6 Å². The first-order chi connectivity index (χ1) is 14.6. The summed E-state index contributed by atoms with van der Waals surface area (Å²) in [5, 5.41) is 9.14. The molecule has 0 bridgehead atoms. The summed E-state index contributed by atoms with van der Waals surface area (Å²) >= 11 is 0. The molecule has 2 aromatic rings. The summed E-state index contributed by atoms with van der Waals surface area (Å²) in [6.45, 7) is 0.937. The third kappa shape index (κ3) is 5.17. The van der Waals surface area contributed by atoms with E-state index in [9.17, 15) is 21.6 Å². The number of carboxylic acids is 1. The number of nitrogens with one attached hydrogen (secondary N) is 1. The topological polar surface area (TPSA) is 130 Å². The van der Waals surface area contributed by atoms with E-state index in [4.69, 9.17) is 9.84 Å². The molecule has 0 spiro atoms. The molecule has 2 N–H and O–H groups in total. The lowest BCUT2D eigenvalue weighted by Crippen LogP contribution is -2.31. The van der Waals surface area contributed by atoms with Crippen molar-refractivity contribution >= 4 is 31.7 Å². The van der Waals surface area contributed by atoms with Crippen LogP contribution >= 0.6 is 0 Å². The van der Waals surface area contributed by atoms with Crippen LogP contribution in [0.3, 0.4) is 0 Å². The fraction of sp³-hybridized carbons (Fsp3) is 0.350. The number of carboxylic acid groups (broad SMARTS) is 1. The molecule has 0 aromatic heterocycles. The summed E-state index contributed by atoms with van der Waals surface area (Å²) in [6, 6.07) is 8.91. The Morgan fingerprint density at radius 2 is 1.58 bits per heavy atom. The van der Waals surface area contributed by atoms with Crippen LogP contribution in [-0.4, -0.2) is 52.4 Å². The zero-order valence-electron chi connectivity index (χ0n) is 16.9. The number of ether oxygens (including phenoxy) is 1. The molecule has 168 valence electrons. The highest BCUT2D eigenvalue weighted by Gasteiger charge is 2.26. The average molecular weight is 469 g/mol. The van der Waals surface area contributed by atoms with Crippen molar-refractivity contribution in [1.29, 1.82) is 0 Å². The summed E-state index contributed by atoms with van der Waals surface area (Å²) in [5.41, 5.74) is -0.0716. The highest BCUT2D eigenvalue weighted by Crippen LogP contribution is 2.28. The van der Waals surface area contributed by atoms with Crippen LogP contribution in [0.2, 0.25) is 0 Å². The van der Waals surface area contributed by atoms with Crippen LogP contribution in [0.25, 0.3) is 0 Å². The third-order valence-corrected chi connectivity index (χ3v) is 8.32. The maximum Gasteiger partial charge on any atom is 0.335 e. The molecule has 3 rings (SSSR count). The predicted octanol–water partition coefficient (Wildman–Crippen LogP) is 2.76. The standard InChI is InChI=1S/C20H24N2O7S2/c1-29-18-11-6-15(20(23)24)14-19(18)30(25,26)21-16-7-9-17(10-8-16)31(27,28)22-12-4-2-3-5-13-22/h6-11,14,21H,2-5,12-13H2,1H3,(H,23,24). The Hall–Kier alpha value is -2.63. The molecule has 0 unspecified atom stereocenters. The molecule has 1 fully saturated rings. The molecule has 31 heavy (non-hydrogen) atoms. The summed E-state index contributed by atoms with van der Waals surface area (Å²) in [7, 11) is -6.56. The molecular formula is C20H24N2O7S2. The Morgan fingerprint density at radius 3 is 2.13 bits per heavy atom. The number of sulfonamides is 2. The van der Waals surface area contributed by atoms with Gasteiger partial charge in [0, 0.05) is 18.8 Å². The van der Waals surface area contributed by atoms with Crippen LogP contribution in [0, 0.1) is 0 Å². The van der Waals surface area contributed by atoms with Crippen molar-refractivity contribution in [2.75, 3.05) is 24.9 Å². The van der Waals surface area contributed by atoms with Gasteiger partial charge in [-0.05, 0) is 55.3 Å². The monoisotopic (exact) mass is 468 g/mol. The lowest BCUT2D eigenvalue weighted by Gasteiger charge is -2.20. The minimum Gasteiger partial charge on any atom is -0.495 e. The van der Waals surface area contributed by atoms with Crippen molar-refractivity contribution < 1.29 is 31.5 Å². The molecule has 1 aliphatic heterocycles. The number of aromatic carboxylic acids is 1. The first-order valence-electron chi connectivity index (χ1n) is 9.69. The normalized spacial score (nSPS) is 15.8. The molecule has 0 saturated carbocycles. The van der Waals surface area contributed by atoms with Gasteiger partial charge in [-0.15, -0.1) is 0 Å². The highest BCUT2D eigenvalue weighted by atomic mass is 32.2. The SMILES string of the molecule is COc1ccc(C(=O)O)cc1S(=O)(=O)Nc1ccc(S(=O)(=O)N2CCCCCC2)cc1. The van der Waals surface area contributed by atoms with Crippen molar-refractivity contribution in [1.82, 2.24) is 4.31 Å². The Kier molecular flexibility index (Phi) is 6.87. The summed E-state index contributed by atoms with van der Waals surface area (Å²) in [4.78, 5) is 11.0. The largest absolute Gasteiger partial charge is 0.495 e. The molecule has 0 amide bonds. The van der Waals surface area contributed by atoms with Crippen LogP contribution in [-0.2, 0) is 20.0 Å². The van der Waals surface area contributed by atoms with E-state index in [2.05, 4.69) is 4.72 Å². The van der Waals surface area contributed by atoms with E-state index in [1.54, 1.807) is 0 Å². The van der Waals surface area contributed by atoms with E-state index in [1.165, 1.54) is 47.8 Å². The number of rotatable bonds is 7. The van der Waals surface area contributed by atoms with Crippen molar-refractivity contribution in [3.63, 3.8) is 0 Å². The number of anilines is 1. The highest BCUT2D eigenvalue weighted by molar-refractivity contribution is 7.92. The van der Waals surface area contributed by atoms with Gasteiger partial charge in [0.2, 0.25) is 10.0 Å². The van der Waals surface area contributed by atoms with Crippen LogP contribution in [0.15, 0.2) is 52.3 Å². The maximum absolute atomic E-state index is 12.9. The molecular weight excluding hydrogens is 444 g/mol. The fourth-order valence-corrected chi connectivity index (χ4v) is 6.13. The Morgan fingerprint density at radius 1 is 0.968 bits per heavy atom. The molecule has 0 radical (unpaired) electrons. The van der Waals surface area contributed by atoms with Crippen LogP contribution in [0.4, 0.5) is 5.69 Å². The molecule has 1 aliphatic rings. The molecule has 11 heteroatoms. The first kappa shape index (κ1) is 23.0.